The summed E-state index contributed by atoms with van der Waals surface area (Å²) >= 11 is 1.78. The van der Waals surface area contributed by atoms with Crippen LogP contribution in [0.15, 0.2) is 9.15 Å². The fourth-order valence-electron chi connectivity index (χ4n) is 1.47. The average molecular weight is 370 g/mol. The van der Waals surface area contributed by atoms with Crippen molar-refractivity contribution in [3.05, 3.63) is 9.15 Å². The summed E-state index contributed by atoms with van der Waals surface area (Å²) in [6, 6.07) is 0. The Bertz CT molecular complexity index is 345. The Balaban J connectivity index is 2.71. The molecule has 6 nitrogen and oxygen atoms in total. The van der Waals surface area contributed by atoms with E-state index in [1.54, 1.807) is 22.6 Å². The van der Waals surface area contributed by atoms with Crippen molar-refractivity contribution in [1.82, 2.24) is 0 Å². The summed E-state index contributed by atoms with van der Waals surface area (Å²) in [6.45, 7) is 1.10. The van der Waals surface area contributed by atoms with Crippen LogP contribution in [0.3, 0.4) is 0 Å². The summed E-state index contributed by atoms with van der Waals surface area (Å²) in [5.74, 6) is -1.09. The van der Waals surface area contributed by atoms with Gasteiger partial charge in [0.25, 0.3) is 0 Å². The highest BCUT2D eigenvalue weighted by Gasteiger charge is 2.23. The highest BCUT2D eigenvalue weighted by molar-refractivity contribution is 14.1. The molecule has 0 N–H and O–H groups in total. The molecule has 0 aromatic carbocycles. The predicted molar refractivity (Wildman–Crippen MR) is 70.0 cm³/mol. The molecule has 0 aromatic heterocycles. The van der Waals surface area contributed by atoms with Crippen LogP contribution in [0.1, 0.15) is 12.8 Å². The predicted octanol–water partition coefficient (Wildman–Crippen LogP) is 1.17. The van der Waals surface area contributed by atoms with Gasteiger partial charge in [0, 0.05) is 6.42 Å². The van der Waals surface area contributed by atoms with Gasteiger partial charge in [-0.25, -0.2) is 9.59 Å². The van der Waals surface area contributed by atoms with E-state index in [0.717, 1.165) is 0 Å². The first kappa shape index (κ1) is 15.4. The zero-order valence-corrected chi connectivity index (χ0v) is 12.4. The summed E-state index contributed by atoms with van der Waals surface area (Å²) < 4.78 is 20.0. The second-order valence-corrected chi connectivity index (χ2v) is 4.56. The number of ether oxygens (including phenoxy) is 4. The summed E-state index contributed by atoms with van der Waals surface area (Å²) in [5.41, 5.74) is 0.282. The molecule has 1 heterocycles. The molecular weight excluding hydrogens is 355 g/mol. The summed E-state index contributed by atoms with van der Waals surface area (Å²) in [6.07, 6.45) is 0.505. The highest BCUT2D eigenvalue weighted by Crippen LogP contribution is 2.22. The Hall–Kier alpha value is -0.670. The minimum atomic E-state index is -0.552. The minimum absolute atomic E-state index is 0.222. The Morgan fingerprint density at radius 2 is 1.72 bits per heavy atom. The first-order valence-corrected chi connectivity index (χ1v) is 6.46. The van der Waals surface area contributed by atoms with Gasteiger partial charge in [-0.05, 0) is 29.0 Å². The molecule has 0 atom stereocenters. The Labute approximate surface area is 119 Å². The van der Waals surface area contributed by atoms with Crippen LogP contribution in [0.5, 0.6) is 0 Å². The number of esters is 2. The van der Waals surface area contributed by atoms with Crippen LogP contribution in [0.2, 0.25) is 0 Å². The van der Waals surface area contributed by atoms with E-state index in [2.05, 4.69) is 9.47 Å². The number of rotatable bonds is 5. The summed E-state index contributed by atoms with van der Waals surface area (Å²) in [5, 5.41) is 0. The number of hydrogen-bond acceptors (Lipinski definition) is 6. The fraction of sp³-hybridized carbons (Fsp3) is 0.636. The lowest BCUT2D eigenvalue weighted by Crippen LogP contribution is -2.15. The van der Waals surface area contributed by atoms with Crippen molar-refractivity contribution in [1.29, 1.82) is 0 Å². The van der Waals surface area contributed by atoms with Crippen molar-refractivity contribution in [3.8, 4) is 0 Å². The lowest BCUT2D eigenvalue weighted by atomic mass is 10.1. The van der Waals surface area contributed by atoms with Crippen molar-refractivity contribution in [3.63, 3.8) is 0 Å². The molecule has 0 aromatic rings. The maximum Gasteiger partial charge on any atom is 0.344 e. The molecule has 0 bridgehead atoms. The van der Waals surface area contributed by atoms with E-state index in [1.165, 1.54) is 14.2 Å². The van der Waals surface area contributed by atoms with Gasteiger partial charge in [0.2, 0.25) is 0 Å². The van der Waals surface area contributed by atoms with E-state index in [4.69, 9.17) is 9.47 Å². The third kappa shape index (κ3) is 4.21. The van der Waals surface area contributed by atoms with E-state index in [-0.39, 0.29) is 15.4 Å². The smallest absolute Gasteiger partial charge is 0.344 e. The van der Waals surface area contributed by atoms with Crippen LogP contribution < -0.4 is 0 Å². The normalized spacial score (nSPS) is 17.3. The van der Waals surface area contributed by atoms with Crippen molar-refractivity contribution < 1.29 is 28.5 Å². The van der Waals surface area contributed by atoms with Gasteiger partial charge in [-0.3, -0.25) is 0 Å². The third-order valence-electron chi connectivity index (χ3n) is 2.38. The lowest BCUT2D eigenvalue weighted by Gasteiger charge is -2.11. The zero-order valence-electron chi connectivity index (χ0n) is 10.2. The number of hydrogen-bond donors (Lipinski definition) is 0. The van der Waals surface area contributed by atoms with Crippen LogP contribution in [-0.4, -0.2) is 45.7 Å². The number of carbonyl (C=O) groups is 2. The molecule has 0 amide bonds. The Morgan fingerprint density at radius 1 is 1.17 bits per heavy atom. The zero-order chi connectivity index (χ0) is 13.5. The third-order valence-corrected chi connectivity index (χ3v) is 3.47. The number of halogens is 1. The van der Waals surface area contributed by atoms with Crippen molar-refractivity contribution in [2.24, 2.45) is 0 Å². The first-order valence-electron chi connectivity index (χ1n) is 5.38. The number of carbonyl (C=O) groups excluding carboxylic acids is 2. The van der Waals surface area contributed by atoms with Crippen molar-refractivity contribution >= 4 is 34.5 Å². The molecule has 102 valence electrons. The standard InChI is InChI=1S/C11H15IO6/c1-15-10(13)7(9(12)11(14)16-2)3-4-8-17-5-6-18-8/h8H,3-6H2,1-2H3/b9-7+. The van der Waals surface area contributed by atoms with Crippen molar-refractivity contribution in [2.75, 3.05) is 27.4 Å². The van der Waals surface area contributed by atoms with Crippen LogP contribution >= 0.6 is 22.6 Å². The van der Waals surface area contributed by atoms with E-state index < -0.39 is 11.9 Å². The van der Waals surface area contributed by atoms with Gasteiger partial charge in [-0.15, -0.1) is 0 Å². The molecule has 0 spiro atoms. The van der Waals surface area contributed by atoms with E-state index in [9.17, 15) is 9.59 Å². The molecular formula is C11H15IO6. The quantitative estimate of drug-likeness (QED) is 0.411. The van der Waals surface area contributed by atoms with Gasteiger partial charge < -0.3 is 18.9 Å². The molecule has 1 rings (SSSR count). The Kier molecular flexibility index (Phi) is 6.58. The molecule has 1 saturated heterocycles. The maximum absolute atomic E-state index is 11.6. The topological polar surface area (TPSA) is 71.1 Å². The SMILES string of the molecule is COC(=O)/C(I)=C(/CCC1OCCO1)C(=O)OC. The first-order chi connectivity index (χ1) is 8.60. The molecule has 0 saturated carbocycles. The number of methoxy groups -OCH3 is 2. The summed E-state index contributed by atoms with van der Waals surface area (Å²) in [4.78, 5) is 23.0. The maximum atomic E-state index is 11.6. The monoisotopic (exact) mass is 370 g/mol. The molecule has 1 aliphatic rings. The highest BCUT2D eigenvalue weighted by atomic mass is 127. The van der Waals surface area contributed by atoms with Crippen LogP contribution in [0.4, 0.5) is 0 Å². The van der Waals surface area contributed by atoms with Gasteiger partial charge in [0.15, 0.2) is 6.29 Å². The average Bonchev–Trinajstić information content (AvgIpc) is 2.90. The summed E-state index contributed by atoms with van der Waals surface area (Å²) in [7, 11) is 2.53. The van der Waals surface area contributed by atoms with Crippen LogP contribution in [0.25, 0.3) is 0 Å². The van der Waals surface area contributed by atoms with Gasteiger partial charge in [0.05, 0.1) is 33.0 Å². The second-order valence-electron chi connectivity index (χ2n) is 3.49. The lowest BCUT2D eigenvalue weighted by molar-refractivity contribution is -0.138. The molecule has 0 radical (unpaired) electrons. The van der Waals surface area contributed by atoms with Crippen LogP contribution in [-0.2, 0) is 28.5 Å². The molecule has 1 fully saturated rings. The molecule has 7 heteroatoms. The van der Waals surface area contributed by atoms with E-state index >= 15 is 0 Å². The van der Waals surface area contributed by atoms with E-state index in [0.29, 0.717) is 26.1 Å². The van der Waals surface area contributed by atoms with Gasteiger partial charge in [-0.1, -0.05) is 0 Å². The minimum Gasteiger partial charge on any atom is -0.466 e. The second kappa shape index (κ2) is 7.70. The van der Waals surface area contributed by atoms with Crippen molar-refractivity contribution in [2.45, 2.75) is 19.1 Å². The Morgan fingerprint density at radius 3 is 2.22 bits per heavy atom. The molecule has 1 aliphatic heterocycles. The van der Waals surface area contributed by atoms with Gasteiger partial charge in [-0.2, -0.15) is 0 Å². The molecule has 18 heavy (non-hydrogen) atoms. The fourth-order valence-corrected chi connectivity index (χ4v) is 2.18. The largest absolute Gasteiger partial charge is 0.466 e. The van der Waals surface area contributed by atoms with E-state index in [1.807, 2.05) is 0 Å². The molecule has 0 unspecified atom stereocenters. The molecule has 0 aliphatic carbocycles. The van der Waals surface area contributed by atoms with Gasteiger partial charge >= 0.3 is 11.9 Å². The van der Waals surface area contributed by atoms with Gasteiger partial charge in [0.1, 0.15) is 3.58 Å². The van der Waals surface area contributed by atoms with Crippen LogP contribution in [0, 0.1) is 0 Å².